The van der Waals surface area contributed by atoms with E-state index in [4.69, 9.17) is 4.74 Å². The fourth-order valence-electron chi connectivity index (χ4n) is 6.76. The van der Waals surface area contributed by atoms with Gasteiger partial charge in [-0.15, -0.1) is 0 Å². The van der Waals surface area contributed by atoms with Gasteiger partial charge in [0, 0.05) is 64.8 Å². The molecule has 4 fully saturated rings. The molecule has 0 bridgehead atoms. The summed E-state index contributed by atoms with van der Waals surface area (Å²) in [6.45, 7) is 7.06. The van der Waals surface area contributed by atoms with Crippen LogP contribution >= 0.6 is 0 Å². The minimum Gasteiger partial charge on any atom is -0.462 e. The molecule has 1 aliphatic carbocycles. The molecule has 3 heterocycles. The summed E-state index contributed by atoms with van der Waals surface area (Å²) in [6.07, 6.45) is 5.98. The number of carbonyl (C=O) groups is 3. The number of nitrogens with zero attached hydrogens (tertiary/aromatic N) is 3. The van der Waals surface area contributed by atoms with Crippen LogP contribution in [0, 0.1) is 11.2 Å². The number of nitrogens with one attached hydrogen (secondary N) is 1. The Morgan fingerprint density at radius 2 is 1.65 bits per heavy atom. The molecule has 0 aromatic heterocycles. The Kier molecular flexibility index (Phi) is 7.43. The Hall–Kier alpha value is -2.68. The number of anilines is 1. The van der Waals surface area contributed by atoms with Gasteiger partial charge in [0.15, 0.2) is 0 Å². The van der Waals surface area contributed by atoms with Crippen molar-refractivity contribution >= 4 is 23.5 Å². The van der Waals surface area contributed by atoms with Gasteiger partial charge >= 0.3 is 5.97 Å². The van der Waals surface area contributed by atoms with E-state index in [0.717, 1.165) is 64.1 Å². The van der Waals surface area contributed by atoms with Crippen LogP contribution in [0.25, 0.3) is 0 Å². The highest BCUT2D eigenvalue weighted by molar-refractivity contribution is 5.91. The van der Waals surface area contributed by atoms with Crippen molar-refractivity contribution in [2.45, 2.75) is 69.9 Å². The van der Waals surface area contributed by atoms with Gasteiger partial charge in [-0.1, -0.05) is 12.8 Å². The number of likely N-dealkylation sites (tertiary alicyclic amines) is 1. The van der Waals surface area contributed by atoms with Crippen LogP contribution in [0.1, 0.15) is 58.3 Å². The number of piperazine rings is 1. The first-order valence-corrected chi connectivity index (χ1v) is 13.8. The summed E-state index contributed by atoms with van der Waals surface area (Å²) in [5.41, 5.74) is -0.205. The van der Waals surface area contributed by atoms with Crippen LogP contribution in [0.3, 0.4) is 0 Å². The van der Waals surface area contributed by atoms with E-state index in [0.29, 0.717) is 38.8 Å². The molecule has 3 aliphatic heterocycles. The lowest BCUT2D eigenvalue weighted by Gasteiger charge is -2.41. The van der Waals surface area contributed by atoms with Crippen molar-refractivity contribution in [3.63, 3.8) is 0 Å². The average molecular weight is 515 g/mol. The molecular formula is C28H39FN4O4. The van der Waals surface area contributed by atoms with Crippen molar-refractivity contribution in [2.24, 2.45) is 5.41 Å². The van der Waals surface area contributed by atoms with E-state index in [1.165, 1.54) is 19.1 Å². The molecule has 4 aliphatic rings. The molecule has 0 radical (unpaired) electrons. The molecule has 3 saturated heterocycles. The zero-order chi connectivity index (χ0) is 26.0. The number of esters is 1. The first kappa shape index (κ1) is 25.9. The molecular weight excluding hydrogens is 475 g/mol. The van der Waals surface area contributed by atoms with Crippen LogP contribution in [-0.4, -0.2) is 85.0 Å². The maximum Gasteiger partial charge on any atom is 0.312 e. The minimum atomic E-state index is -0.768. The maximum atomic E-state index is 13.4. The lowest BCUT2D eigenvalue weighted by Crippen LogP contribution is -2.59. The topological polar surface area (TPSA) is 82.2 Å². The minimum absolute atomic E-state index is 0.0118. The number of hydrogen-bond acceptors (Lipinski definition) is 6. The molecule has 1 aromatic rings. The summed E-state index contributed by atoms with van der Waals surface area (Å²) in [5.74, 6) is -0.477. The van der Waals surface area contributed by atoms with Gasteiger partial charge in [-0.25, -0.2) is 4.39 Å². The van der Waals surface area contributed by atoms with Crippen LogP contribution in [0.5, 0.6) is 0 Å². The second kappa shape index (κ2) is 10.6. The van der Waals surface area contributed by atoms with Crippen molar-refractivity contribution in [2.75, 3.05) is 50.7 Å². The number of carbonyl (C=O) groups excluding carboxylic acids is 3. The van der Waals surface area contributed by atoms with Crippen molar-refractivity contribution in [3.05, 3.63) is 30.1 Å². The summed E-state index contributed by atoms with van der Waals surface area (Å²) in [4.78, 5) is 44.6. The molecule has 1 N–H and O–H groups in total. The molecule has 1 spiro atoms. The zero-order valence-corrected chi connectivity index (χ0v) is 21.8. The number of amides is 2. The second-order valence-electron chi connectivity index (χ2n) is 11.4. The molecule has 2 amide bonds. The van der Waals surface area contributed by atoms with Gasteiger partial charge < -0.3 is 19.9 Å². The number of ether oxygens (including phenoxy) is 1. The van der Waals surface area contributed by atoms with Gasteiger partial charge in [0.25, 0.3) is 0 Å². The fourth-order valence-corrected chi connectivity index (χ4v) is 6.76. The number of rotatable bonds is 6. The normalized spacial score (nSPS) is 25.4. The highest BCUT2D eigenvalue weighted by Crippen LogP contribution is 2.44. The number of hydrogen-bond donors (Lipinski definition) is 1. The summed E-state index contributed by atoms with van der Waals surface area (Å²) in [5, 5.41) is 2.95. The molecule has 1 saturated carbocycles. The summed E-state index contributed by atoms with van der Waals surface area (Å²) < 4.78 is 19.0. The summed E-state index contributed by atoms with van der Waals surface area (Å²) >= 11 is 0. The van der Waals surface area contributed by atoms with Crippen molar-refractivity contribution in [3.8, 4) is 0 Å². The van der Waals surface area contributed by atoms with Crippen molar-refractivity contribution in [1.29, 1.82) is 0 Å². The lowest BCUT2D eigenvalue weighted by atomic mass is 9.75. The first-order valence-electron chi connectivity index (χ1n) is 13.8. The van der Waals surface area contributed by atoms with Crippen molar-refractivity contribution < 1.29 is 23.5 Å². The highest BCUT2D eigenvalue weighted by atomic mass is 19.1. The third-order valence-electron chi connectivity index (χ3n) is 8.95. The molecule has 202 valence electrons. The largest absolute Gasteiger partial charge is 0.462 e. The smallest absolute Gasteiger partial charge is 0.312 e. The van der Waals surface area contributed by atoms with E-state index in [1.54, 1.807) is 0 Å². The SMILES string of the molecule is CC(=O)NC1(C(=O)N2CCC3(CC2)C[C@H](CCN2CCN(c4ccc(F)cc4)CC2)OC3=O)CCCC1. The molecule has 8 nitrogen and oxygen atoms in total. The van der Waals surface area contributed by atoms with Crippen LogP contribution in [0.15, 0.2) is 24.3 Å². The third-order valence-corrected chi connectivity index (χ3v) is 8.95. The average Bonchev–Trinajstić information content (AvgIpc) is 3.48. The summed E-state index contributed by atoms with van der Waals surface area (Å²) in [7, 11) is 0. The number of cyclic esters (lactones) is 1. The van der Waals surface area contributed by atoms with Crippen LogP contribution < -0.4 is 10.2 Å². The Bertz CT molecular complexity index is 994. The van der Waals surface area contributed by atoms with Gasteiger partial charge in [-0.05, 0) is 56.4 Å². The van der Waals surface area contributed by atoms with Crippen molar-refractivity contribution in [1.82, 2.24) is 15.1 Å². The van der Waals surface area contributed by atoms with Crippen LogP contribution in [0.4, 0.5) is 10.1 Å². The second-order valence-corrected chi connectivity index (χ2v) is 11.4. The molecule has 5 rings (SSSR count). The lowest BCUT2D eigenvalue weighted by molar-refractivity contribution is -0.154. The molecule has 9 heteroatoms. The van der Waals surface area contributed by atoms with E-state index < -0.39 is 11.0 Å². The Morgan fingerprint density at radius 1 is 1.00 bits per heavy atom. The predicted octanol–water partition coefficient (Wildman–Crippen LogP) is 2.71. The predicted molar refractivity (Wildman–Crippen MR) is 137 cm³/mol. The van der Waals surface area contributed by atoms with E-state index in [9.17, 15) is 18.8 Å². The number of benzene rings is 1. The Morgan fingerprint density at radius 3 is 2.27 bits per heavy atom. The van der Waals surface area contributed by atoms with Gasteiger partial charge in [0.2, 0.25) is 11.8 Å². The monoisotopic (exact) mass is 514 g/mol. The first-order chi connectivity index (χ1) is 17.8. The zero-order valence-electron chi connectivity index (χ0n) is 21.8. The standard InChI is InChI=1S/C28H39FN4O4/c1-21(34)30-28(9-2-3-10-28)25(35)33-14-11-27(12-15-33)20-24(37-26(27)36)8-13-31-16-18-32(19-17-31)23-6-4-22(29)5-7-23/h4-7,24H,2-3,8-20H2,1H3,(H,30,34)/t24-/m0/s1. The van der Waals surface area contributed by atoms with Crippen LogP contribution in [-0.2, 0) is 19.1 Å². The number of halogens is 1. The molecule has 1 atom stereocenters. The highest BCUT2D eigenvalue weighted by Gasteiger charge is 2.52. The fraction of sp³-hybridized carbons (Fsp3) is 0.679. The molecule has 37 heavy (non-hydrogen) atoms. The van der Waals surface area contributed by atoms with E-state index >= 15 is 0 Å². The number of piperidine rings is 1. The molecule has 1 aromatic carbocycles. The van der Waals surface area contributed by atoms with E-state index in [-0.39, 0.29) is 29.7 Å². The Labute approximate surface area is 218 Å². The Balaban J connectivity index is 1.08. The van der Waals surface area contributed by atoms with Gasteiger partial charge in [-0.3, -0.25) is 19.3 Å². The van der Waals surface area contributed by atoms with Gasteiger partial charge in [-0.2, -0.15) is 0 Å². The third kappa shape index (κ3) is 5.47. The van der Waals surface area contributed by atoms with Gasteiger partial charge in [0.05, 0.1) is 5.41 Å². The quantitative estimate of drug-likeness (QED) is 0.588. The summed E-state index contributed by atoms with van der Waals surface area (Å²) in [6, 6.07) is 6.66. The van der Waals surface area contributed by atoms with Crippen LogP contribution in [0.2, 0.25) is 0 Å². The van der Waals surface area contributed by atoms with Gasteiger partial charge in [0.1, 0.15) is 17.5 Å². The van der Waals surface area contributed by atoms with E-state index in [2.05, 4.69) is 15.1 Å². The van der Waals surface area contributed by atoms with E-state index in [1.807, 2.05) is 17.0 Å². The maximum absolute atomic E-state index is 13.4. The molecule has 0 unspecified atom stereocenters.